The van der Waals surface area contributed by atoms with E-state index in [1.165, 1.54) is 0 Å². The van der Waals surface area contributed by atoms with Gasteiger partial charge in [-0.1, -0.05) is 18.2 Å². The third kappa shape index (κ3) is 2.47. The molecule has 0 radical (unpaired) electrons. The molecule has 0 unspecified atom stereocenters. The van der Waals surface area contributed by atoms with Gasteiger partial charge in [-0.15, -0.1) is 0 Å². The van der Waals surface area contributed by atoms with E-state index in [0.29, 0.717) is 11.3 Å². The lowest BCUT2D eigenvalue weighted by atomic mass is 9.88. The minimum atomic E-state index is -1.61. The lowest BCUT2D eigenvalue weighted by Gasteiger charge is -2.04. The SMILES string of the molecule is OB(O)c1cc2cc(Oc3ccccc3)ccc2o1. The summed E-state index contributed by atoms with van der Waals surface area (Å²) in [6, 6.07) is 16.3. The summed E-state index contributed by atoms with van der Waals surface area (Å²) < 4.78 is 11.0. The number of furan rings is 1. The first-order chi connectivity index (χ1) is 9.22. The molecule has 0 fully saturated rings. The smallest absolute Gasteiger partial charge is 0.465 e. The summed E-state index contributed by atoms with van der Waals surface area (Å²) >= 11 is 0. The Bertz CT molecular complexity index is 691. The first kappa shape index (κ1) is 11.8. The topological polar surface area (TPSA) is 62.8 Å². The zero-order chi connectivity index (χ0) is 13.2. The summed E-state index contributed by atoms with van der Waals surface area (Å²) in [4.78, 5) is 0. The molecule has 2 N–H and O–H groups in total. The van der Waals surface area contributed by atoms with E-state index in [4.69, 9.17) is 19.2 Å². The first-order valence-corrected chi connectivity index (χ1v) is 5.85. The molecule has 3 rings (SSSR count). The van der Waals surface area contributed by atoms with Gasteiger partial charge in [0.05, 0.1) is 0 Å². The Morgan fingerprint density at radius 3 is 2.42 bits per heavy atom. The van der Waals surface area contributed by atoms with Gasteiger partial charge in [-0.05, 0) is 36.4 Å². The highest BCUT2D eigenvalue weighted by molar-refractivity contribution is 6.57. The minimum Gasteiger partial charge on any atom is -0.465 e. The van der Waals surface area contributed by atoms with Gasteiger partial charge in [-0.25, -0.2) is 0 Å². The summed E-state index contributed by atoms with van der Waals surface area (Å²) in [6.07, 6.45) is 0. The maximum Gasteiger partial charge on any atom is 0.526 e. The summed E-state index contributed by atoms with van der Waals surface area (Å²) in [5.41, 5.74) is 0.704. The lowest BCUT2D eigenvalue weighted by Crippen LogP contribution is -2.27. The second-order valence-electron chi connectivity index (χ2n) is 4.14. The predicted molar refractivity (Wildman–Crippen MR) is 72.6 cm³/mol. The molecule has 0 spiro atoms. The number of benzene rings is 2. The molecular weight excluding hydrogens is 243 g/mol. The molecule has 4 nitrogen and oxygen atoms in total. The molecule has 3 aromatic rings. The Kier molecular flexibility index (Phi) is 2.99. The van der Waals surface area contributed by atoms with E-state index < -0.39 is 7.12 Å². The van der Waals surface area contributed by atoms with Crippen molar-refractivity contribution in [2.45, 2.75) is 0 Å². The predicted octanol–water partition coefficient (Wildman–Crippen LogP) is 1.90. The van der Waals surface area contributed by atoms with Crippen LogP contribution in [-0.4, -0.2) is 17.2 Å². The van der Waals surface area contributed by atoms with Gasteiger partial charge in [0.25, 0.3) is 0 Å². The molecule has 94 valence electrons. The number of ether oxygens (including phenoxy) is 1. The number of hydrogen-bond acceptors (Lipinski definition) is 4. The summed E-state index contributed by atoms with van der Waals surface area (Å²) in [7, 11) is -1.61. The van der Waals surface area contributed by atoms with Crippen molar-refractivity contribution >= 4 is 23.7 Å². The summed E-state index contributed by atoms with van der Waals surface area (Å²) in [5, 5.41) is 18.9. The van der Waals surface area contributed by atoms with E-state index in [-0.39, 0.29) is 5.66 Å². The number of rotatable bonds is 3. The fourth-order valence-electron chi connectivity index (χ4n) is 1.86. The molecule has 0 aliphatic heterocycles. The Hall–Kier alpha value is -2.24. The molecule has 5 heteroatoms. The van der Waals surface area contributed by atoms with E-state index in [1.54, 1.807) is 24.3 Å². The van der Waals surface area contributed by atoms with Crippen LogP contribution in [0.4, 0.5) is 0 Å². The molecule has 0 amide bonds. The van der Waals surface area contributed by atoms with Gasteiger partial charge < -0.3 is 19.2 Å². The van der Waals surface area contributed by atoms with Crippen LogP contribution >= 0.6 is 0 Å². The first-order valence-electron chi connectivity index (χ1n) is 5.85. The zero-order valence-corrected chi connectivity index (χ0v) is 9.98. The Labute approximate surface area is 110 Å². The molecule has 0 saturated heterocycles. The van der Waals surface area contributed by atoms with Crippen LogP contribution in [0.25, 0.3) is 11.0 Å². The van der Waals surface area contributed by atoms with Crippen LogP contribution in [0.2, 0.25) is 0 Å². The largest absolute Gasteiger partial charge is 0.526 e. The van der Waals surface area contributed by atoms with Gasteiger partial charge in [0.15, 0.2) is 0 Å². The normalized spacial score (nSPS) is 10.6. The van der Waals surface area contributed by atoms with Crippen molar-refractivity contribution in [3.8, 4) is 11.5 Å². The third-order valence-electron chi connectivity index (χ3n) is 2.74. The molecule has 2 aromatic carbocycles. The Morgan fingerprint density at radius 2 is 1.68 bits per heavy atom. The van der Waals surface area contributed by atoms with Crippen molar-refractivity contribution in [1.29, 1.82) is 0 Å². The zero-order valence-electron chi connectivity index (χ0n) is 9.98. The van der Waals surface area contributed by atoms with Crippen LogP contribution in [0.1, 0.15) is 0 Å². The van der Waals surface area contributed by atoms with Crippen molar-refractivity contribution in [1.82, 2.24) is 0 Å². The van der Waals surface area contributed by atoms with Crippen molar-refractivity contribution < 1.29 is 19.2 Å². The number of para-hydroxylation sites is 1. The van der Waals surface area contributed by atoms with E-state index in [9.17, 15) is 0 Å². The monoisotopic (exact) mass is 254 g/mol. The lowest BCUT2D eigenvalue weighted by molar-refractivity contribution is 0.412. The van der Waals surface area contributed by atoms with Crippen LogP contribution in [0.5, 0.6) is 11.5 Å². The summed E-state index contributed by atoms with van der Waals surface area (Å²) in [5.74, 6) is 1.41. The number of hydrogen-bond donors (Lipinski definition) is 2. The highest BCUT2D eigenvalue weighted by atomic mass is 16.5. The second kappa shape index (κ2) is 4.80. The number of fused-ring (bicyclic) bond motifs is 1. The fraction of sp³-hybridized carbons (Fsp3) is 0. The van der Waals surface area contributed by atoms with Gasteiger partial charge in [-0.2, -0.15) is 0 Å². The van der Waals surface area contributed by atoms with Crippen molar-refractivity contribution in [2.24, 2.45) is 0 Å². The van der Waals surface area contributed by atoms with Crippen LogP contribution in [0.15, 0.2) is 59.0 Å². The van der Waals surface area contributed by atoms with Gasteiger partial charge in [0, 0.05) is 5.39 Å². The molecule has 0 saturated carbocycles. The van der Waals surface area contributed by atoms with Crippen molar-refractivity contribution in [3.05, 3.63) is 54.6 Å². The van der Waals surface area contributed by atoms with Gasteiger partial charge in [-0.3, -0.25) is 0 Å². The van der Waals surface area contributed by atoms with Gasteiger partial charge in [0.1, 0.15) is 22.7 Å². The van der Waals surface area contributed by atoms with E-state index >= 15 is 0 Å². The minimum absolute atomic E-state index is 0.117. The molecule has 1 heterocycles. The quantitative estimate of drug-likeness (QED) is 0.701. The maximum atomic E-state index is 9.06. The standard InChI is InChI=1S/C14H11BO4/c16-15(17)14-9-10-8-12(6-7-13(10)19-14)18-11-4-2-1-3-5-11/h1-9,16-17H. The highest BCUT2D eigenvalue weighted by Gasteiger charge is 2.17. The van der Waals surface area contributed by atoms with Crippen LogP contribution in [0.3, 0.4) is 0 Å². The molecule has 0 atom stereocenters. The average Bonchev–Trinajstić information content (AvgIpc) is 2.83. The molecule has 1 aromatic heterocycles. The average molecular weight is 254 g/mol. The van der Waals surface area contributed by atoms with Gasteiger partial charge in [0.2, 0.25) is 0 Å². The van der Waals surface area contributed by atoms with E-state index in [1.807, 2.05) is 30.3 Å². The summed E-state index contributed by atoms with van der Waals surface area (Å²) in [6.45, 7) is 0. The molecule has 19 heavy (non-hydrogen) atoms. The third-order valence-corrected chi connectivity index (χ3v) is 2.74. The highest BCUT2D eigenvalue weighted by Crippen LogP contribution is 2.25. The molecule has 0 aliphatic carbocycles. The van der Waals surface area contributed by atoms with Crippen LogP contribution in [-0.2, 0) is 0 Å². The molecular formula is C14H11BO4. The molecule has 0 aliphatic rings. The Balaban J connectivity index is 1.93. The molecule has 0 bridgehead atoms. The maximum absolute atomic E-state index is 9.06. The van der Waals surface area contributed by atoms with Gasteiger partial charge >= 0.3 is 7.12 Å². The van der Waals surface area contributed by atoms with Crippen molar-refractivity contribution in [2.75, 3.05) is 0 Å². The van der Waals surface area contributed by atoms with Crippen LogP contribution < -0.4 is 10.4 Å². The second-order valence-corrected chi connectivity index (χ2v) is 4.14. The van der Waals surface area contributed by atoms with E-state index in [2.05, 4.69) is 0 Å². The van der Waals surface area contributed by atoms with Crippen molar-refractivity contribution in [3.63, 3.8) is 0 Å². The Morgan fingerprint density at radius 1 is 0.895 bits per heavy atom. The van der Waals surface area contributed by atoms with Crippen LogP contribution in [0, 0.1) is 0 Å². The fourth-order valence-corrected chi connectivity index (χ4v) is 1.86. The van der Waals surface area contributed by atoms with E-state index in [0.717, 1.165) is 11.1 Å².